The largest absolute Gasteiger partial charge is 0.378 e. The maximum atomic E-state index is 5.09. The number of aryl methyl sites for hydroxylation is 1. The second-order valence-corrected chi connectivity index (χ2v) is 3.98. The molecule has 0 spiro atoms. The van der Waals surface area contributed by atoms with Crippen LogP contribution in [0.2, 0.25) is 0 Å². The lowest BCUT2D eigenvalue weighted by atomic mass is 10.3. The van der Waals surface area contributed by atoms with Crippen LogP contribution in [0, 0.1) is 0 Å². The van der Waals surface area contributed by atoms with Crippen molar-refractivity contribution in [3.63, 3.8) is 0 Å². The minimum Gasteiger partial charge on any atom is -0.378 e. The standard InChI is InChI=1S/C10H16BrN3O/c1-4-5-8-13-7(6-15-3)9(11)10(12-2)14-8/h4-6H2,1-3H3,(H,12,13,14). The molecule has 84 valence electrons. The van der Waals surface area contributed by atoms with E-state index in [0.717, 1.165) is 34.7 Å². The lowest BCUT2D eigenvalue weighted by molar-refractivity contribution is 0.180. The summed E-state index contributed by atoms with van der Waals surface area (Å²) < 4.78 is 5.97. The Morgan fingerprint density at radius 3 is 2.67 bits per heavy atom. The average Bonchev–Trinajstić information content (AvgIpc) is 2.23. The van der Waals surface area contributed by atoms with Crippen LogP contribution in [-0.2, 0) is 17.8 Å². The van der Waals surface area contributed by atoms with E-state index < -0.39 is 0 Å². The molecule has 0 fully saturated rings. The molecule has 0 aliphatic heterocycles. The number of nitrogens with one attached hydrogen (secondary N) is 1. The third-order valence-corrected chi connectivity index (χ3v) is 2.79. The van der Waals surface area contributed by atoms with Gasteiger partial charge in [0.2, 0.25) is 0 Å². The quantitative estimate of drug-likeness (QED) is 0.895. The summed E-state index contributed by atoms with van der Waals surface area (Å²) in [6.45, 7) is 2.61. The van der Waals surface area contributed by atoms with Gasteiger partial charge in [-0.05, 0) is 22.4 Å². The first-order valence-electron chi connectivity index (χ1n) is 4.94. The van der Waals surface area contributed by atoms with Gasteiger partial charge in [0.25, 0.3) is 0 Å². The number of hydrogen-bond acceptors (Lipinski definition) is 4. The van der Waals surface area contributed by atoms with Gasteiger partial charge in [0.15, 0.2) is 0 Å². The van der Waals surface area contributed by atoms with Crippen molar-refractivity contribution in [2.45, 2.75) is 26.4 Å². The summed E-state index contributed by atoms with van der Waals surface area (Å²) in [7, 11) is 3.51. The molecule has 0 unspecified atom stereocenters. The molecule has 0 atom stereocenters. The topological polar surface area (TPSA) is 47.0 Å². The van der Waals surface area contributed by atoms with E-state index in [1.54, 1.807) is 7.11 Å². The maximum absolute atomic E-state index is 5.09. The summed E-state index contributed by atoms with van der Waals surface area (Å²) >= 11 is 3.46. The van der Waals surface area contributed by atoms with Crippen molar-refractivity contribution < 1.29 is 4.74 Å². The van der Waals surface area contributed by atoms with Gasteiger partial charge in [-0.1, -0.05) is 6.92 Å². The molecule has 0 aliphatic rings. The predicted molar refractivity (Wildman–Crippen MR) is 64.0 cm³/mol. The summed E-state index contributed by atoms with van der Waals surface area (Å²) in [5.41, 5.74) is 0.889. The van der Waals surface area contributed by atoms with E-state index in [0.29, 0.717) is 6.61 Å². The van der Waals surface area contributed by atoms with Gasteiger partial charge in [0, 0.05) is 20.6 Å². The SMILES string of the molecule is CCCc1nc(COC)c(Br)c(NC)n1. The lowest BCUT2D eigenvalue weighted by Gasteiger charge is -2.09. The smallest absolute Gasteiger partial charge is 0.144 e. The van der Waals surface area contributed by atoms with Crippen molar-refractivity contribution >= 4 is 21.7 Å². The third-order valence-electron chi connectivity index (χ3n) is 1.96. The van der Waals surface area contributed by atoms with Crippen LogP contribution in [0.15, 0.2) is 4.47 Å². The van der Waals surface area contributed by atoms with Gasteiger partial charge >= 0.3 is 0 Å². The zero-order valence-corrected chi connectivity index (χ0v) is 10.9. The van der Waals surface area contributed by atoms with Crippen molar-refractivity contribution in [2.75, 3.05) is 19.5 Å². The Bertz CT molecular complexity index is 331. The monoisotopic (exact) mass is 273 g/mol. The minimum atomic E-state index is 0.495. The van der Waals surface area contributed by atoms with Gasteiger partial charge in [0.1, 0.15) is 11.6 Å². The number of aromatic nitrogens is 2. The first-order valence-corrected chi connectivity index (χ1v) is 5.74. The Morgan fingerprint density at radius 1 is 1.40 bits per heavy atom. The van der Waals surface area contributed by atoms with Crippen LogP contribution in [0.1, 0.15) is 24.9 Å². The van der Waals surface area contributed by atoms with Gasteiger partial charge in [-0.25, -0.2) is 9.97 Å². The predicted octanol–water partition coefficient (Wildman–Crippen LogP) is 2.38. The van der Waals surface area contributed by atoms with Gasteiger partial charge in [0.05, 0.1) is 16.8 Å². The van der Waals surface area contributed by atoms with Crippen LogP contribution in [0.25, 0.3) is 0 Å². The molecule has 0 aliphatic carbocycles. The molecule has 1 aromatic rings. The van der Waals surface area contributed by atoms with Gasteiger partial charge in [-0.15, -0.1) is 0 Å². The molecule has 0 saturated carbocycles. The van der Waals surface area contributed by atoms with Crippen molar-refractivity contribution in [1.29, 1.82) is 0 Å². The van der Waals surface area contributed by atoms with Crippen LogP contribution in [0.4, 0.5) is 5.82 Å². The lowest BCUT2D eigenvalue weighted by Crippen LogP contribution is -2.06. The normalized spacial score (nSPS) is 10.4. The number of hydrogen-bond donors (Lipinski definition) is 1. The van der Waals surface area contributed by atoms with E-state index >= 15 is 0 Å². The molecule has 1 N–H and O–H groups in total. The summed E-state index contributed by atoms with van der Waals surface area (Å²) in [6.07, 6.45) is 1.93. The molecule has 5 heteroatoms. The second-order valence-electron chi connectivity index (χ2n) is 3.18. The van der Waals surface area contributed by atoms with E-state index in [4.69, 9.17) is 4.74 Å². The first-order chi connectivity index (χ1) is 7.22. The molecular weight excluding hydrogens is 258 g/mol. The molecule has 0 radical (unpaired) electrons. The fourth-order valence-corrected chi connectivity index (χ4v) is 1.77. The maximum Gasteiger partial charge on any atom is 0.144 e. The van der Waals surface area contributed by atoms with Crippen molar-refractivity contribution in [3.05, 3.63) is 16.0 Å². The highest BCUT2D eigenvalue weighted by Gasteiger charge is 2.10. The van der Waals surface area contributed by atoms with E-state index in [-0.39, 0.29) is 0 Å². The Labute approximate surface area is 98.6 Å². The molecule has 0 amide bonds. The molecule has 1 heterocycles. The number of ether oxygens (including phenoxy) is 1. The van der Waals surface area contributed by atoms with Gasteiger partial charge < -0.3 is 10.1 Å². The molecule has 0 saturated heterocycles. The van der Waals surface area contributed by atoms with E-state index in [1.165, 1.54) is 0 Å². The fourth-order valence-electron chi connectivity index (χ4n) is 1.28. The number of methoxy groups -OCH3 is 1. The summed E-state index contributed by atoms with van der Waals surface area (Å²) in [6, 6.07) is 0. The van der Waals surface area contributed by atoms with Crippen LogP contribution >= 0.6 is 15.9 Å². The zero-order valence-electron chi connectivity index (χ0n) is 9.30. The Hall–Kier alpha value is -0.680. The average molecular weight is 274 g/mol. The molecule has 1 rings (SSSR count). The zero-order chi connectivity index (χ0) is 11.3. The van der Waals surface area contributed by atoms with Gasteiger partial charge in [-0.2, -0.15) is 0 Å². The van der Waals surface area contributed by atoms with Gasteiger partial charge in [-0.3, -0.25) is 0 Å². The molecule has 0 aromatic carbocycles. The second kappa shape index (κ2) is 6.02. The van der Waals surface area contributed by atoms with Crippen molar-refractivity contribution in [1.82, 2.24) is 9.97 Å². The molecule has 15 heavy (non-hydrogen) atoms. The number of anilines is 1. The van der Waals surface area contributed by atoms with E-state index in [1.807, 2.05) is 7.05 Å². The number of rotatable bonds is 5. The van der Waals surface area contributed by atoms with Crippen LogP contribution in [-0.4, -0.2) is 24.1 Å². The van der Waals surface area contributed by atoms with Crippen LogP contribution in [0.5, 0.6) is 0 Å². The number of nitrogens with zero attached hydrogens (tertiary/aromatic N) is 2. The first kappa shape index (κ1) is 12.4. The van der Waals surface area contributed by atoms with E-state index in [2.05, 4.69) is 38.1 Å². The Morgan fingerprint density at radius 2 is 2.13 bits per heavy atom. The van der Waals surface area contributed by atoms with Crippen molar-refractivity contribution in [2.24, 2.45) is 0 Å². The summed E-state index contributed by atoms with van der Waals surface area (Å²) in [4.78, 5) is 8.84. The molecule has 0 bridgehead atoms. The number of halogens is 1. The highest BCUT2D eigenvalue weighted by molar-refractivity contribution is 9.10. The third kappa shape index (κ3) is 3.14. The fraction of sp³-hybridized carbons (Fsp3) is 0.600. The molecule has 4 nitrogen and oxygen atoms in total. The molecule has 1 aromatic heterocycles. The van der Waals surface area contributed by atoms with Crippen molar-refractivity contribution in [3.8, 4) is 0 Å². The Balaban J connectivity index is 3.07. The van der Waals surface area contributed by atoms with Crippen LogP contribution < -0.4 is 5.32 Å². The van der Waals surface area contributed by atoms with Crippen LogP contribution in [0.3, 0.4) is 0 Å². The highest BCUT2D eigenvalue weighted by Crippen LogP contribution is 2.24. The minimum absolute atomic E-state index is 0.495. The van der Waals surface area contributed by atoms with E-state index in [9.17, 15) is 0 Å². The summed E-state index contributed by atoms with van der Waals surface area (Å²) in [5, 5.41) is 3.04. The summed E-state index contributed by atoms with van der Waals surface area (Å²) in [5.74, 6) is 1.68. The Kier molecular flexibility index (Phi) is 4.98. The highest BCUT2D eigenvalue weighted by atomic mass is 79.9. The molecular formula is C10H16BrN3O.